The van der Waals surface area contributed by atoms with E-state index in [1.165, 1.54) is 5.56 Å². The lowest BCUT2D eigenvalue weighted by Gasteiger charge is -2.28. The van der Waals surface area contributed by atoms with Gasteiger partial charge in [-0.2, -0.15) is 0 Å². The Hall–Kier alpha value is -2.93. The lowest BCUT2D eigenvalue weighted by molar-refractivity contribution is -0.127. The van der Waals surface area contributed by atoms with E-state index in [0.717, 1.165) is 36.2 Å². The maximum atomic E-state index is 12.5. The molecule has 4 rings (SSSR count). The monoisotopic (exact) mass is 366 g/mol. The van der Waals surface area contributed by atoms with Crippen LogP contribution in [0.4, 0.5) is 5.69 Å². The SMILES string of the molecule is O=C(Nc1ccc2c(c1)CN(C(=O)C=Cc1cnc[nH]1)CC2)C1CCCO1. The van der Waals surface area contributed by atoms with Crippen molar-refractivity contribution in [1.29, 1.82) is 0 Å². The summed E-state index contributed by atoms with van der Waals surface area (Å²) in [6, 6.07) is 5.91. The highest BCUT2D eigenvalue weighted by atomic mass is 16.5. The van der Waals surface area contributed by atoms with Gasteiger partial charge < -0.3 is 19.9 Å². The summed E-state index contributed by atoms with van der Waals surface area (Å²) in [5, 5.41) is 2.93. The van der Waals surface area contributed by atoms with E-state index < -0.39 is 0 Å². The van der Waals surface area contributed by atoms with Gasteiger partial charge in [0.25, 0.3) is 5.91 Å². The first kappa shape index (κ1) is 17.5. The Morgan fingerprint density at radius 3 is 3.04 bits per heavy atom. The van der Waals surface area contributed by atoms with Gasteiger partial charge in [-0.05, 0) is 48.6 Å². The summed E-state index contributed by atoms with van der Waals surface area (Å²) in [6.45, 7) is 1.86. The van der Waals surface area contributed by atoms with Crippen LogP contribution in [0.1, 0.15) is 29.7 Å². The Balaban J connectivity index is 1.42. The van der Waals surface area contributed by atoms with Crippen LogP contribution in [0.15, 0.2) is 36.8 Å². The molecule has 2 amide bonds. The highest BCUT2D eigenvalue weighted by molar-refractivity contribution is 5.94. The smallest absolute Gasteiger partial charge is 0.253 e. The van der Waals surface area contributed by atoms with E-state index in [9.17, 15) is 9.59 Å². The van der Waals surface area contributed by atoms with Crippen LogP contribution in [0.3, 0.4) is 0 Å². The highest BCUT2D eigenvalue weighted by Gasteiger charge is 2.24. The summed E-state index contributed by atoms with van der Waals surface area (Å²) in [6.07, 6.45) is 8.66. The average molecular weight is 366 g/mol. The number of hydrogen-bond acceptors (Lipinski definition) is 4. The van der Waals surface area contributed by atoms with E-state index in [1.54, 1.807) is 29.6 Å². The molecule has 1 fully saturated rings. The Morgan fingerprint density at radius 1 is 1.33 bits per heavy atom. The van der Waals surface area contributed by atoms with Gasteiger partial charge in [0.1, 0.15) is 6.10 Å². The van der Waals surface area contributed by atoms with Crippen LogP contribution in [0.2, 0.25) is 0 Å². The van der Waals surface area contributed by atoms with Crippen molar-refractivity contribution in [2.45, 2.75) is 31.9 Å². The van der Waals surface area contributed by atoms with Crippen molar-refractivity contribution in [3.05, 3.63) is 53.6 Å². The summed E-state index contributed by atoms with van der Waals surface area (Å²) in [7, 11) is 0. The number of nitrogens with zero attached hydrogens (tertiary/aromatic N) is 2. The number of anilines is 1. The number of benzene rings is 1. The number of aromatic nitrogens is 2. The zero-order valence-corrected chi connectivity index (χ0v) is 15.0. The number of amides is 2. The number of carbonyl (C=O) groups excluding carboxylic acids is 2. The highest BCUT2D eigenvalue weighted by Crippen LogP contribution is 2.24. The second-order valence-corrected chi connectivity index (χ2v) is 6.82. The topological polar surface area (TPSA) is 87.3 Å². The van der Waals surface area contributed by atoms with E-state index in [4.69, 9.17) is 4.74 Å². The molecular weight excluding hydrogens is 344 g/mol. The van der Waals surface area contributed by atoms with Crippen LogP contribution >= 0.6 is 0 Å². The zero-order chi connectivity index (χ0) is 18.6. The molecule has 27 heavy (non-hydrogen) atoms. The largest absolute Gasteiger partial charge is 0.368 e. The number of imidazole rings is 1. The number of rotatable bonds is 4. The molecule has 0 saturated carbocycles. The molecular formula is C20H22N4O3. The van der Waals surface area contributed by atoms with Crippen molar-refractivity contribution in [3.8, 4) is 0 Å². The fourth-order valence-electron chi connectivity index (χ4n) is 3.45. The van der Waals surface area contributed by atoms with E-state index >= 15 is 0 Å². The number of nitrogens with one attached hydrogen (secondary N) is 2. The fraction of sp³-hybridized carbons (Fsp3) is 0.350. The van der Waals surface area contributed by atoms with Crippen LogP contribution in [0.25, 0.3) is 6.08 Å². The van der Waals surface area contributed by atoms with Crippen molar-refractivity contribution in [3.63, 3.8) is 0 Å². The molecule has 0 bridgehead atoms. The molecule has 7 heteroatoms. The molecule has 2 N–H and O–H groups in total. The van der Waals surface area contributed by atoms with Crippen molar-refractivity contribution in [1.82, 2.24) is 14.9 Å². The number of hydrogen-bond donors (Lipinski definition) is 2. The second kappa shape index (κ2) is 7.75. The summed E-state index contributed by atoms with van der Waals surface area (Å²) in [5.41, 5.74) is 3.82. The van der Waals surface area contributed by atoms with Gasteiger partial charge in [0.2, 0.25) is 5.91 Å². The minimum absolute atomic E-state index is 0.0379. The van der Waals surface area contributed by atoms with Crippen LogP contribution in [-0.4, -0.2) is 45.9 Å². The molecule has 1 unspecified atom stereocenters. The van der Waals surface area contributed by atoms with Crippen molar-refractivity contribution >= 4 is 23.6 Å². The summed E-state index contributed by atoms with van der Waals surface area (Å²) in [5.74, 6) is -0.136. The van der Waals surface area contributed by atoms with Crippen molar-refractivity contribution in [2.75, 3.05) is 18.5 Å². The third-order valence-electron chi connectivity index (χ3n) is 4.94. The molecule has 1 saturated heterocycles. The molecule has 1 aromatic carbocycles. The number of fused-ring (bicyclic) bond motifs is 1. The van der Waals surface area contributed by atoms with Crippen molar-refractivity contribution < 1.29 is 14.3 Å². The van der Waals surface area contributed by atoms with E-state index in [-0.39, 0.29) is 17.9 Å². The number of ether oxygens (including phenoxy) is 1. The normalized spacial score (nSPS) is 19.3. The molecule has 140 valence electrons. The molecule has 1 aromatic heterocycles. The van der Waals surface area contributed by atoms with Gasteiger partial charge in [-0.15, -0.1) is 0 Å². The van der Waals surface area contributed by atoms with Gasteiger partial charge in [0, 0.05) is 31.5 Å². The van der Waals surface area contributed by atoms with E-state index in [1.807, 2.05) is 18.2 Å². The van der Waals surface area contributed by atoms with Crippen molar-refractivity contribution in [2.24, 2.45) is 0 Å². The average Bonchev–Trinajstić information content (AvgIpc) is 3.39. The second-order valence-electron chi connectivity index (χ2n) is 6.82. The molecule has 7 nitrogen and oxygen atoms in total. The van der Waals surface area contributed by atoms with Crippen LogP contribution in [-0.2, 0) is 27.3 Å². The molecule has 2 aromatic rings. The number of carbonyl (C=O) groups is 2. The Labute approximate surface area is 157 Å². The Morgan fingerprint density at radius 2 is 2.26 bits per heavy atom. The summed E-state index contributed by atoms with van der Waals surface area (Å²) in [4.78, 5) is 33.4. The minimum Gasteiger partial charge on any atom is -0.368 e. The molecule has 3 heterocycles. The number of aromatic amines is 1. The van der Waals surface area contributed by atoms with Crippen LogP contribution < -0.4 is 5.32 Å². The third kappa shape index (κ3) is 4.09. The van der Waals surface area contributed by atoms with Crippen LogP contribution in [0.5, 0.6) is 0 Å². The Kier molecular flexibility index (Phi) is 5.02. The molecule has 2 aliphatic rings. The van der Waals surface area contributed by atoms with Gasteiger partial charge in [0.05, 0.1) is 18.2 Å². The first-order valence-corrected chi connectivity index (χ1v) is 9.19. The maximum absolute atomic E-state index is 12.5. The molecule has 2 aliphatic heterocycles. The quantitative estimate of drug-likeness (QED) is 0.812. The van der Waals surface area contributed by atoms with Gasteiger partial charge >= 0.3 is 0 Å². The Bertz CT molecular complexity index is 854. The first-order valence-electron chi connectivity index (χ1n) is 9.19. The minimum atomic E-state index is -0.355. The maximum Gasteiger partial charge on any atom is 0.253 e. The summed E-state index contributed by atoms with van der Waals surface area (Å²) >= 11 is 0. The van der Waals surface area contributed by atoms with E-state index in [2.05, 4.69) is 15.3 Å². The van der Waals surface area contributed by atoms with E-state index in [0.29, 0.717) is 19.7 Å². The zero-order valence-electron chi connectivity index (χ0n) is 15.0. The van der Waals surface area contributed by atoms with Gasteiger partial charge in [-0.1, -0.05) is 6.07 Å². The lowest BCUT2D eigenvalue weighted by Crippen LogP contribution is -2.35. The predicted molar refractivity (Wildman–Crippen MR) is 101 cm³/mol. The molecule has 0 aliphatic carbocycles. The standard InChI is InChI=1S/C20H22N4O3/c25-19(6-5-17-11-21-13-22-17)24-8-7-14-3-4-16(10-15(14)12-24)23-20(26)18-2-1-9-27-18/h3-6,10-11,13,18H,1-2,7-9,12H2,(H,21,22)(H,23,26). The number of H-pyrrole nitrogens is 1. The molecule has 0 spiro atoms. The van der Waals surface area contributed by atoms with Gasteiger partial charge in [-0.3, -0.25) is 9.59 Å². The summed E-state index contributed by atoms with van der Waals surface area (Å²) < 4.78 is 5.43. The first-order chi connectivity index (χ1) is 13.2. The fourth-order valence-corrected chi connectivity index (χ4v) is 3.45. The van der Waals surface area contributed by atoms with Crippen LogP contribution in [0, 0.1) is 0 Å². The van der Waals surface area contributed by atoms with Gasteiger partial charge in [0.15, 0.2) is 0 Å². The molecule has 0 radical (unpaired) electrons. The lowest BCUT2D eigenvalue weighted by atomic mass is 9.99. The third-order valence-corrected chi connectivity index (χ3v) is 4.94. The molecule has 1 atom stereocenters. The predicted octanol–water partition coefficient (Wildman–Crippen LogP) is 2.13. The van der Waals surface area contributed by atoms with Gasteiger partial charge in [-0.25, -0.2) is 4.98 Å².